The second kappa shape index (κ2) is 6.96. The Labute approximate surface area is 144 Å². The first kappa shape index (κ1) is 19.7. The van der Waals surface area contributed by atoms with Crippen molar-refractivity contribution in [3.63, 3.8) is 0 Å². The van der Waals surface area contributed by atoms with Gasteiger partial charge in [-0.2, -0.15) is 13.2 Å². The molecule has 142 valence electrons. The molecule has 1 aromatic carbocycles. The molecule has 3 N–H and O–H groups in total. The molecule has 0 aliphatic rings. The van der Waals surface area contributed by atoms with E-state index in [2.05, 4.69) is 4.74 Å². The minimum Gasteiger partial charge on any atom is -0.508 e. The Morgan fingerprint density at radius 2 is 1.92 bits per heavy atom. The van der Waals surface area contributed by atoms with Gasteiger partial charge < -0.3 is 24.5 Å². The number of esters is 1. The summed E-state index contributed by atoms with van der Waals surface area (Å²) in [6, 6.07) is 3.41. The molecule has 0 aliphatic heterocycles. The number of alkyl halides is 3. The molecule has 0 saturated carbocycles. The van der Waals surface area contributed by atoms with Gasteiger partial charge in [0.15, 0.2) is 5.43 Å². The topological polar surface area (TPSA) is 117 Å². The van der Waals surface area contributed by atoms with Crippen LogP contribution in [-0.4, -0.2) is 39.9 Å². The zero-order chi connectivity index (χ0) is 19.7. The van der Waals surface area contributed by atoms with E-state index in [1.165, 1.54) is 12.1 Å². The summed E-state index contributed by atoms with van der Waals surface area (Å²) in [7, 11) is 0. The third kappa shape index (κ3) is 4.14. The zero-order valence-electron chi connectivity index (χ0n) is 13.5. The van der Waals surface area contributed by atoms with Gasteiger partial charge in [-0.15, -0.1) is 0 Å². The number of ether oxygens (including phenoxy) is 1. The summed E-state index contributed by atoms with van der Waals surface area (Å²) < 4.78 is 48.2. The van der Waals surface area contributed by atoms with Gasteiger partial charge in [-0.3, -0.25) is 9.59 Å². The fourth-order valence-corrected chi connectivity index (χ4v) is 2.28. The lowest BCUT2D eigenvalue weighted by Gasteiger charge is -2.24. The molecule has 10 heteroatoms. The molecule has 0 atom stereocenters. The van der Waals surface area contributed by atoms with Gasteiger partial charge in [0.2, 0.25) is 0 Å². The first-order valence-electron chi connectivity index (χ1n) is 7.35. The number of rotatable bonds is 5. The Hall–Kier alpha value is -2.59. The highest BCUT2D eigenvalue weighted by Gasteiger charge is 2.53. The van der Waals surface area contributed by atoms with Crippen LogP contribution in [0, 0.1) is 0 Å². The number of carbonyl (C=O) groups is 1. The first-order chi connectivity index (χ1) is 11.9. The fourth-order valence-electron chi connectivity index (χ4n) is 2.28. The Morgan fingerprint density at radius 1 is 1.27 bits per heavy atom. The van der Waals surface area contributed by atoms with Crippen molar-refractivity contribution < 1.29 is 42.4 Å². The Bertz CT molecular complexity index is 884. The fraction of sp³-hybridized carbons (Fsp3) is 0.375. The summed E-state index contributed by atoms with van der Waals surface area (Å²) in [5.41, 5.74) is -1.24. The van der Waals surface area contributed by atoms with Crippen LogP contribution in [0.25, 0.3) is 11.0 Å². The van der Waals surface area contributed by atoms with Crippen LogP contribution >= 0.6 is 0 Å². The predicted octanol–water partition coefficient (Wildman–Crippen LogP) is 1.39. The maximum Gasteiger partial charge on any atom is 0.443 e. The van der Waals surface area contributed by atoms with Crippen molar-refractivity contribution in [2.24, 2.45) is 0 Å². The number of phenolic OH excluding ortho intramolecular Hbond substituents is 1. The maximum atomic E-state index is 12.8. The normalized spacial score (nSPS) is 12.4. The number of hydrogen-bond donors (Lipinski definition) is 3. The van der Waals surface area contributed by atoms with Crippen LogP contribution in [0.5, 0.6) is 5.75 Å². The predicted molar refractivity (Wildman–Crippen MR) is 81.4 cm³/mol. The van der Waals surface area contributed by atoms with Crippen molar-refractivity contribution in [3.05, 3.63) is 39.7 Å². The minimum absolute atomic E-state index is 0.0298. The van der Waals surface area contributed by atoms with Gasteiger partial charge in [-0.25, -0.2) is 0 Å². The Balaban J connectivity index is 2.57. The summed E-state index contributed by atoms with van der Waals surface area (Å²) in [5, 5.41) is 28.0. The molecule has 2 rings (SSSR count). The van der Waals surface area contributed by atoms with Crippen molar-refractivity contribution in [2.45, 2.75) is 31.7 Å². The number of fused-ring (bicyclic) bond motifs is 1. The summed E-state index contributed by atoms with van der Waals surface area (Å²) in [5.74, 6) is -5.73. The number of hydrogen-bond acceptors (Lipinski definition) is 7. The van der Waals surface area contributed by atoms with E-state index in [0.29, 0.717) is 0 Å². The maximum absolute atomic E-state index is 12.8. The summed E-state index contributed by atoms with van der Waals surface area (Å²) >= 11 is 0. The summed E-state index contributed by atoms with van der Waals surface area (Å²) in [6.45, 7) is 0.801. The van der Waals surface area contributed by atoms with Gasteiger partial charge in [-0.1, -0.05) is 0 Å². The van der Waals surface area contributed by atoms with Crippen LogP contribution in [0.2, 0.25) is 0 Å². The quantitative estimate of drug-likeness (QED) is 0.533. The monoisotopic (exact) mass is 376 g/mol. The molecular formula is C16H15F3O7. The van der Waals surface area contributed by atoms with Crippen molar-refractivity contribution in [3.8, 4) is 5.75 Å². The number of aromatic hydroxyl groups is 1. The molecule has 0 amide bonds. The highest BCUT2D eigenvalue weighted by Crippen LogP contribution is 2.32. The molecule has 0 radical (unpaired) electrons. The largest absolute Gasteiger partial charge is 0.508 e. The SMILES string of the molecule is CC(=O)OCCc1c(CC(O)(O)C(F)(F)F)oc2cc(O)ccc2c1=O. The van der Waals surface area contributed by atoms with Crippen LogP contribution in [0.4, 0.5) is 13.2 Å². The van der Waals surface area contributed by atoms with Crippen molar-refractivity contribution in [1.82, 2.24) is 0 Å². The van der Waals surface area contributed by atoms with Gasteiger partial charge in [0.25, 0.3) is 5.79 Å². The molecule has 0 saturated heterocycles. The zero-order valence-corrected chi connectivity index (χ0v) is 13.5. The summed E-state index contributed by atoms with van der Waals surface area (Å²) in [6.07, 6.45) is -7.14. The molecule has 0 unspecified atom stereocenters. The van der Waals surface area contributed by atoms with Gasteiger partial charge in [0.1, 0.15) is 17.1 Å². The van der Waals surface area contributed by atoms with E-state index < -0.39 is 35.5 Å². The molecule has 26 heavy (non-hydrogen) atoms. The Morgan fingerprint density at radius 3 is 2.50 bits per heavy atom. The van der Waals surface area contributed by atoms with E-state index >= 15 is 0 Å². The average molecular weight is 376 g/mol. The lowest BCUT2D eigenvalue weighted by atomic mass is 10.0. The van der Waals surface area contributed by atoms with Crippen LogP contribution in [0.3, 0.4) is 0 Å². The molecule has 2 aromatic rings. The van der Waals surface area contributed by atoms with E-state index in [4.69, 9.17) is 4.42 Å². The first-order valence-corrected chi connectivity index (χ1v) is 7.35. The van der Waals surface area contributed by atoms with Crippen molar-refractivity contribution in [2.75, 3.05) is 6.61 Å². The molecule has 0 fully saturated rings. The standard InChI is InChI=1S/C16H15F3O7/c1-8(20)25-5-4-11-13(7-15(23,24)16(17,18)19)26-12-6-9(21)2-3-10(12)14(11)22/h2-3,6,21,23-24H,4-5,7H2,1H3. The third-order valence-electron chi connectivity index (χ3n) is 3.57. The molecule has 1 heterocycles. The number of carbonyl (C=O) groups excluding carboxylic acids is 1. The molecule has 0 bridgehead atoms. The molecular weight excluding hydrogens is 361 g/mol. The lowest BCUT2D eigenvalue weighted by Crippen LogP contribution is -2.47. The third-order valence-corrected chi connectivity index (χ3v) is 3.57. The highest BCUT2D eigenvalue weighted by molar-refractivity contribution is 5.78. The van der Waals surface area contributed by atoms with E-state index in [1.807, 2.05) is 0 Å². The van der Waals surface area contributed by atoms with E-state index in [1.54, 1.807) is 0 Å². The van der Waals surface area contributed by atoms with Crippen LogP contribution in [-0.2, 0) is 22.4 Å². The molecule has 0 spiro atoms. The second-order valence-electron chi connectivity index (χ2n) is 5.59. The van der Waals surface area contributed by atoms with Crippen molar-refractivity contribution in [1.29, 1.82) is 0 Å². The molecule has 0 aliphatic carbocycles. The highest BCUT2D eigenvalue weighted by atomic mass is 19.4. The van der Waals surface area contributed by atoms with E-state index in [9.17, 15) is 38.1 Å². The lowest BCUT2D eigenvalue weighted by molar-refractivity contribution is -0.348. The smallest absolute Gasteiger partial charge is 0.443 e. The van der Waals surface area contributed by atoms with Crippen LogP contribution in [0.1, 0.15) is 18.2 Å². The van der Waals surface area contributed by atoms with E-state index in [0.717, 1.165) is 13.0 Å². The minimum atomic E-state index is -5.40. The van der Waals surface area contributed by atoms with Gasteiger partial charge >= 0.3 is 12.1 Å². The number of phenols is 1. The summed E-state index contributed by atoms with van der Waals surface area (Å²) in [4.78, 5) is 23.4. The number of aliphatic hydroxyl groups is 2. The average Bonchev–Trinajstić information content (AvgIpc) is 2.48. The van der Waals surface area contributed by atoms with Crippen LogP contribution < -0.4 is 5.43 Å². The Kier molecular flexibility index (Phi) is 5.28. The molecule has 7 nitrogen and oxygen atoms in total. The molecule has 1 aromatic heterocycles. The number of benzene rings is 1. The van der Waals surface area contributed by atoms with Crippen LogP contribution in [0.15, 0.2) is 27.4 Å². The van der Waals surface area contributed by atoms with Gasteiger partial charge in [0, 0.05) is 25.0 Å². The van der Waals surface area contributed by atoms with Gasteiger partial charge in [-0.05, 0) is 12.1 Å². The van der Waals surface area contributed by atoms with E-state index in [-0.39, 0.29) is 35.3 Å². The van der Waals surface area contributed by atoms with Gasteiger partial charge in [0.05, 0.1) is 18.4 Å². The number of halogens is 3. The second-order valence-corrected chi connectivity index (χ2v) is 5.59. The van der Waals surface area contributed by atoms with Crippen molar-refractivity contribution >= 4 is 16.9 Å².